The van der Waals surface area contributed by atoms with Crippen molar-refractivity contribution in [1.29, 1.82) is 0 Å². The van der Waals surface area contributed by atoms with E-state index in [1.165, 1.54) is 11.1 Å². The van der Waals surface area contributed by atoms with Crippen LogP contribution in [-0.4, -0.2) is 12.7 Å². The lowest BCUT2D eigenvalue weighted by molar-refractivity contribution is 0.148. The zero-order chi connectivity index (χ0) is 12.4. The van der Waals surface area contributed by atoms with Crippen LogP contribution >= 0.6 is 0 Å². The number of hydrogen-bond donors (Lipinski definition) is 0. The van der Waals surface area contributed by atoms with Crippen LogP contribution in [0.3, 0.4) is 0 Å². The van der Waals surface area contributed by atoms with Gasteiger partial charge in [0.1, 0.15) is 24.2 Å². The van der Waals surface area contributed by atoms with Gasteiger partial charge in [-0.3, -0.25) is 0 Å². The summed E-state index contributed by atoms with van der Waals surface area (Å²) in [5.74, 6) is 1.90. The average Bonchev–Trinajstić information content (AvgIpc) is 2.79. The topological polar surface area (TPSA) is 18.5 Å². The Morgan fingerprint density at radius 2 is 2.00 bits per heavy atom. The Morgan fingerprint density at radius 3 is 2.83 bits per heavy atom. The minimum atomic E-state index is 0.127. The molecule has 0 N–H and O–H groups in total. The van der Waals surface area contributed by atoms with Crippen molar-refractivity contribution >= 4 is 0 Å². The zero-order valence-corrected chi connectivity index (χ0v) is 10.4. The van der Waals surface area contributed by atoms with Gasteiger partial charge in [-0.05, 0) is 30.7 Å². The first-order valence-corrected chi connectivity index (χ1v) is 6.25. The monoisotopic (exact) mass is 240 g/mol. The molecule has 1 atom stereocenters. The molecule has 0 radical (unpaired) electrons. The van der Waals surface area contributed by atoms with Gasteiger partial charge in [-0.2, -0.15) is 0 Å². The quantitative estimate of drug-likeness (QED) is 0.818. The van der Waals surface area contributed by atoms with Gasteiger partial charge >= 0.3 is 0 Å². The molecule has 2 aromatic rings. The van der Waals surface area contributed by atoms with Gasteiger partial charge in [0.05, 0.1) is 0 Å². The fourth-order valence-electron chi connectivity index (χ4n) is 2.25. The van der Waals surface area contributed by atoms with Crippen LogP contribution < -0.4 is 9.47 Å². The third kappa shape index (κ3) is 2.33. The molecule has 0 amide bonds. The molecule has 18 heavy (non-hydrogen) atoms. The van der Waals surface area contributed by atoms with Crippen molar-refractivity contribution in [3.05, 3.63) is 59.7 Å². The number of ether oxygens (including phenoxy) is 2. The van der Waals surface area contributed by atoms with Crippen LogP contribution in [0.15, 0.2) is 48.5 Å². The first-order valence-electron chi connectivity index (χ1n) is 6.25. The summed E-state index contributed by atoms with van der Waals surface area (Å²) >= 11 is 0. The highest BCUT2D eigenvalue weighted by molar-refractivity contribution is 5.40. The molecule has 1 unspecified atom stereocenters. The van der Waals surface area contributed by atoms with E-state index >= 15 is 0 Å². The maximum absolute atomic E-state index is 5.86. The molecule has 3 rings (SSSR count). The van der Waals surface area contributed by atoms with E-state index < -0.39 is 0 Å². The van der Waals surface area contributed by atoms with Gasteiger partial charge in [0.15, 0.2) is 0 Å². The van der Waals surface area contributed by atoms with E-state index in [1.54, 1.807) is 0 Å². The van der Waals surface area contributed by atoms with Gasteiger partial charge in [-0.1, -0.05) is 35.9 Å². The largest absolute Gasteiger partial charge is 0.490 e. The van der Waals surface area contributed by atoms with Crippen LogP contribution in [0.2, 0.25) is 0 Å². The van der Waals surface area contributed by atoms with Crippen LogP contribution in [0.5, 0.6) is 11.5 Å². The number of fused-ring (bicyclic) bond motifs is 1. The van der Waals surface area contributed by atoms with E-state index in [2.05, 4.69) is 19.1 Å². The lowest BCUT2D eigenvalue weighted by Gasteiger charge is -2.12. The van der Waals surface area contributed by atoms with Gasteiger partial charge < -0.3 is 9.47 Å². The molecule has 0 aliphatic carbocycles. The number of benzene rings is 2. The standard InChI is InChI=1S/C16H16O2/c1-12-7-8-16-13(9-12)10-15(18-16)11-17-14-5-3-2-4-6-14/h2-9,15H,10-11H2,1H3. The molecule has 1 aliphatic rings. The molecule has 1 heterocycles. The van der Waals surface area contributed by atoms with Crippen molar-refractivity contribution in [1.82, 2.24) is 0 Å². The summed E-state index contributed by atoms with van der Waals surface area (Å²) in [4.78, 5) is 0. The van der Waals surface area contributed by atoms with Crippen LogP contribution in [-0.2, 0) is 6.42 Å². The first kappa shape index (κ1) is 11.1. The van der Waals surface area contributed by atoms with Gasteiger partial charge in [0, 0.05) is 6.42 Å². The molecule has 1 aliphatic heterocycles. The Bertz CT molecular complexity index is 534. The summed E-state index contributed by atoms with van der Waals surface area (Å²) in [6.45, 7) is 2.70. The molecule has 0 fully saturated rings. The molecule has 0 saturated carbocycles. The lowest BCUT2D eigenvalue weighted by Crippen LogP contribution is -2.22. The van der Waals surface area contributed by atoms with E-state index in [4.69, 9.17) is 9.47 Å². The molecule has 0 spiro atoms. The van der Waals surface area contributed by atoms with Crippen molar-refractivity contribution in [2.45, 2.75) is 19.4 Å². The summed E-state index contributed by atoms with van der Waals surface area (Å²) in [5, 5.41) is 0. The van der Waals surface area contributed by atoms with Gasteiger partial charge in [0.2, 0.25) is 0 Å². The second-order valence-corrected chi connectivity index (χ2v) is 4.68. The lowest BCUT2D eigenvalue weighted by atomic mass is 10.1. The van der Waals surface area contributed by atoms with E-state index in [0.717, 1.165) is 17.9 Å². The van der Waals surface area contributed by atoms with Gasteiger partial charge in [-0.15, -0.1) is 0 Å². The van der Waals surface area contributed by atoms with Gasteiger partial charge in [-0.25, -0.2) is 0 Å². The highest BCUT2D eigenvalue weighted by Crippen LogP contribution is 2.29. The summed E-state index contributed by atoms with van der Waals surface area (Å²) in [5.41, 5.74) is 2.57. The number of aryl methyl sites for hydroxylation is 1. The predicted molar refractivity (Wildman–Crippen MR) is 71.2 cm³/mol. The number of para-hydroxylation sites is 1. The van der Waals surface area contributed by atoms with E-state index in [0.29, 0.717) is 6.61 Å². The molecule has 2 aromatic carbocycles. The minimum Gasteiger partial charge on any atom is -0.490 e. The molecule has 2 nitrogen and oxygen atoms in total. The fourth-order valence-corrected chi connectivity index (χ4v) is 2.25. The van der Waals surface area contributed by atoms with Crippen LogP contribution in [0.25, 0.3) is 0 Å². The van der Waals surface area contributed by atoms with Crippen LogP contribution in [0.1, 0.15) is 11.1 Å². The molecule has 0 saturated heterocycles. The third-order valence-corrected chi connectivity index (χ3v) is 3.14. The average molecular weight is 240 g/mol. The Hall–Kier alpha value is -1.96. The maximum atomic E-state index is 5.86. The smallest absolute Gasteiger partial charge is 0.137 e. The molecule has 0 bridgehead atoms. The Labute approximate surface area is 107 Å². The second-order valence-electron chi connectivity index (χ2n) is 4.68. The fraction of sp³-hybridized carbons (Fsp3) is 0.250. The molecule has 0 aromatic heterocycles. The van der Waals surface area contributed by atoms with Crippen molar-refractivity contribution < 1.29 is 9.47 Å². The van der Waals surface area contributed by atoms with Crippen molar-refractivity contribution in [3.63, 3.8) is 0 Å². The second kappa shape index (κ2) is 4.73. The van der Waals surface area contributed by atoms with E-state index in [9.17, 15) is 0 Å². The highest BCUT2D eigenvalue weighted by Gasteiger charge is 2.23. The molecule has 2 heteroatoms. The molecular formula is C16H16O2. The summed E-state index contributed by atoms with van der Waals surface area (Å²) in [6.07, 6.45) is 1.06. The summed E-state index contributed by atoms with van der Waals surface area (Å²) in [6, 6.07) is 16.2. The third-order valence-electron chi connectivity index (χ3n) is 3.14. The number of rotatable bonds is 3. The van der Waals surface area contributed by atoms with Crippen LogP contribution in [0.4, 0.5) is 0 Å². The van der Waals surface area contributed by atoms with E-state index in [1.807, 2.05) is 36.4 Å². The minimum absolute atomic E-state index is 0.127. The Morgan fingerprint density at radius 1 is 1.17 bits per heavy atom. The highest BCUT2D eigenvalue weighted by atomic mass is 16.5. The van der Waals surface area contributed by atoms with E-state index in [-0.39, 0.29) is 6.10 Å². The SMILES string of the molecule is Cc1ccc2c(c1)CC(COc1ccccc1)O2. The van der Waals surface area contributed by atoms with Crippen molar-refractivity contribution in [2.75, 3.05) is 6.61 Å². The Balaban J connectivity index is 1.61. The maximum Gasteiger partial charge on any atom is 0.137 e. The van der Waals surface area contributed by atoms with Crippen LogP contribution in [0, 0.1) is 6.92 Å². The van der Waals surface area contributed by atoms with Crippen molar-refractivity contribution in [2.24, 2.45) is 0 Å². The summed E-state index contributed by atoms with van der Waals surface area (Å²) in [7, 11) is 0. The van der Waals surface area contributed by atoms with Crippen molar-refractivity contribution in [3.8, 4) is 11.5 Å². The molecular weight excluding hydrogens is 224 g/mol. The van der Waals surface area contributed by atoms with Gasteiger partial charge in [0.25, 0.3) is 0 Å². The molecule has 92 valence electrons. The summed E-state index contributed by atoms with van der Waals surface area (Å²) < 4.78 is 11.6. The first-order chi connectivity index (χ1) is 8.81. The zero-order valence-electron chi connectivity index (χ0n) is 10.4. The normalized spacial score (nSPS) is 17.1. The predicted octanol–water partition coefficient (Wildman–Crippen LogP) is 3.38. The Kier molecular flexibility index (Phi) is 2.93. The number of hydrogen-bond acceptors (Lipinski definition) is 2.